The van der Waals surface area contributed by atoms with E-state index in [1.165, 1.54) is 0 Å². The molecule has 0 heterocycles. The van der Waals surface area contributed by atoms with Crippen molar-refractivity contribution >= 4 is 0 Å². The largest absolute Gasteiger partial charge is 0.491 e. The van der Waals surface area contributed by atoms with Gasteiger partial charge >= 0.3 is 0 Å². The first kappa shape index (κ1) is 17.0. The van der Waals surface area contributed by atoms with Gasteiger partial charge in [-0.3, -0.25) is 0 Å². The van der Waals surface area contributed by atoms with Crippen LogP contribution in [-0.4, -0.2) is 41.6 Å². The number of aliphatic hydroxyl groups excluding tert-OH is 2. The van der Waals surface area contributed by atoms with Crippen molar-refractivity contribution in [1.82, 2.24) is 5.32 Å². The molecule has 1 rings (SSSR count). The highest BCUT2D eigenvalue weighted by Gasteiger charge is 2.17. The standard InChI is InChI=1S/C16H27NO3/c1-12(2)14-7-5-6-8-15(14)20-10-13(19)9-17-16(3,4)11-18/h5-8,12-13,17-19H,9-11H2,1-4H3/t13-/m0/s1. The highest BCUT2D eigenvalue weighted by molar-refractivity contribution is 5.35. The molecule has 0 fully saturated rings. The highest BCUT2D eigenvalue weighted by atomic mass is 16.5. The van der Waals surface area contributed by atoms with Crippen LogP contribution in [0, 0.1) is 0 Å². The summed E-state index contributed by atoms with van der Waals surface area (Å²) in [7, 11) is 0. The van der Waals surface area contributed by atoms with E-state index in [1.807, 2.05) is 38.1 Å². The van der Waals surface area contributed by atoms with Crippen molar-refractivity contribution in [3.8, 4) is 5.75 Å². The van der Waals surface area contributed by atoms with Crippen molar-refractivity contribution in [2.24, 2.45) is 0 Å². The molecule has 0 aliphatic carbocycles. The number of nitrogens with one attached hydrogen (secondary N) is 1. The third-order valence-corrected chi connectivity index (χ3v) is 3.18. The fourth-order valence-corrected chi connectivity index (χ4v) is 1.78. The quantitative estimate of drug-likeness (QED) is 0.681. The summed E-state index contributed by atoms with van der Waals surface area (Å²) in [5.74, 6) is 1.21. The third-order valence-electron chi connectivity index (χ3n) is 3.18. The van der Waals surface area contributed by atoms with Gasteiger partial charge in [-0.25, -0.2) is 0 Å². The molecule has 0 aliphatic rings. The lowest BCUT2D eigenvalue weighted by atomic mass is 10.0. The fraction of sp³-hybridized carbons (Fsp3) is 0.625. The van der Waals surface area contributed by atoms with Gasteiger partial charge in [0.25, 0.3) is 0 Å². The zero-order valence-corrected chi connectivity index (χ0v) is 12.9. The second kappa shape index (κ2) is 7.62. The average molecular weight is 281 g/mol. The van der Waals surface area contributed by atoms with E-state index in [2.05, 4.69) is 19.2 Å². The molecule has 0 unspecified atom stereocenters. The van der Waals surface area contributed by atoms with Crippen LogP contribution in [0.25, 0.3) is 0 Å². The number of hydrogen-bond acceptors (Lipinski definition) is 4. The maximum absolute atomic E-state index is 9.93. The molecule has 0 spiro atoms. The Morgan fingerprint density at radius 2 is 1.90 bits per heavy atom. The van der Waals surface area contributed by atoms with Crippen molar-refractivity contribution in [1.29, 1.82) is 0 Å². The van der Waals surface area contributed by atoms with Crippen LogP contribution in [0.1, 0.15) is 39.2 Å². The van der Waals surface area contributed by atoms with Crippen molar-refractivity contribution in [3.05, 3.63) is 29.8 Å². The van der Waals surface area contributed by atoms with E-state index >= 15 is 0 Å². The second-order valence-electron chi connectivity index (χ2n) is 6.08. The molecule has 0 amide bonds. The summed E-state index contributed by atoms with van der Waals surface area (Å²) in [5, 5.41) is 22.2. The maximum atomic E-state index is 9.93. The SMILES string of the molecule is CC(C)c1ccccc1OC[C@@H](O)CNC(C)(C)CO. The first-order valence-corrected chi connectivity index (χ1v) is 7.11. The second-order valence-corrected chi connectivity index (χ2v) is 6.08. The predicted octanol–water partition coefficient (Wildman–Crippen LogP) is 1.91. The van der Waals surface area contributed by atoms with E-state index in [0.717, 1.165) is 11.3 Å². The lowest BCUT2D eigenvalue weighted by molar-refractivity contribution is 0.0901. The number of ether oxygens (including phenoxy) is 1. The molecule has 0 saturated heterocycles. The molecular weight excluding hydrogens is 254 g/mol. The molecule has 1 aromatic rings. The summed E-state index contributed by atoms with van der Waals surface area (Å²) in [4.78, 5) is 0. The Labute approximate surface area is 121 Å². The van der Waals surface area contributed by atoms with Crippen molar-refractivity contribution in [3.63, 3.8) is 0 Å². The smallest absolute Gasteiger partial charge is 0.122 e. The Hall–Kier alpha value is -1.10. The Morgan fingerprint density at radius 3 is 2.50 bits per heavy atom. The van der Waals surface area contributed by atoms with Gasteiger partial charge in [0.1, 0.15) is 18.5 Å². The Balaban J connectivity index is 2.47. The molecule has 0 aliphatic heterocycles. The number of hydrogen-bond donors (Lipinski definition) is 3. The molecule has 1 atom stereocenters. The predicted molar refractivity (Wildman–Crippen MR) is 81.2 cm³/mol. The maximum Gasteiger partial charge on any atom is 0.122 e. The lowest BCUT2D eigenvalue weighted by Crippen LogP contribution is -2.47. The number of benzene rings is 1. The zero-order chi connectivity index (χ0) is 15.2. The van der Waals surface area contributed by atoms with Crippen LogP contribution in [0.3, 0.4) is 0 Å². The minimum absolute atomic E-state index is 0.0246. The van der Waals surface area contributed by atoms with Crippen LogP contribution in [0.15, 0.2) is 24.3 Å². The molecule has 0 radical (unpaired) electrons. The summed E-state index contributed by atoms with van der Waals surface area (Å²) in [6, 6.07) is 7.89. The van der Waals surface area contributed by atoms with Gasteiger partial charge in [0.15, 0.2) is 0 Å². The van der Waals surface area contributed by atoms with Crippen molar-refractivity contribution in [2.75, 3.05) is 19.8 Å². The average Bonchev–Trinajstić information content (AvgIpc) is 2.43. The van der Waals surface area contributed by atoms with Gasteiger partial charge in [0.05, 0.1) is 6.61 Å². The summed E-state index contributed by atoms with van der Waals surface area (Å²) in [6.07, 6.45) is -0.610. The zero-order valence-electron chi connectivity index (χ0n) is 12.9. The van der Waals surface area contributed by atoms with E-state index in [1.54, 1.807) is 0 Å². The van der Waals surface area contributed by atoms with Gasteiger partial charge in [-0.1, -0.05) is 32.0 Å². The van der Waals surface area contributed by atoms with Gasteiger partial charge < -0.3 is 20.3 Å². The number of para-hydroxylation sites is 1. The van der Waals surface area contributed by atoms with Crippen LogP contribution in [0.2, 0.25) is 0 Å². The third kappa shape index (κ3) is 5.49. The molecule has 0 saturated carbocycles. The molecule has 114 valence electrons. The summed E-state index contributed by atoms with van der Waals surface area (Å²) in [6.45, 7) is 8.64. The van der Waals surface area contributed by atoms with E-state index in [9.17, 15) is 5.11 Å². The number of rotatable bonds is 8. The molecule has 0 bridgehead atoms. The molecule has 1 aromatic carbocycles. The Kier molecular flexibility index (Phi) is 6.46. The molecule has 4 nitrogen and oxygen atoms in total. The topological polar surface area (TPSA) is 61.7 Å². The van der Waals surface area contributed by atoms with Gasteiger partial charge in [-0.15, -0.1) is 0 Å². The molecule has 4 heteroatoms. The fourth-order valence-electron chi connectivity index (χ4n) is 1.78. The van der Waals surface area contributed by atoms with Crippen LogP contribution >= 0.6 is 0 Å². The normalized spacial score (nSPS) is 13.6. The van der Waals surface area contributed by atoms with Gasteiger partial charge in [-0.2, -0.15) is 0 Å². The molecular formula is C16H27NO3. The molecule has 3 N–H and O–H groups in total. The number of β-amino-alcohol motifs (C(OH)–C–C–N with tert-alkyl or cyclic N) is 1. The summed E-state index contributed by atoms with van der Waals surface area (Å²) < 4.78 is 5.71. The first-order valence-electron chi connectivity index (χ1n) is 7.11. The monoisotopic (exact) mass is 281 g/mol. The molecule has 0 aromatic heterocycles. The van der Waals surface area contributed by atoms with Gasteiger partial charge in [-0.05, 0) is 31.4 Å². The van der Waals surface area contributed by atoms with Crippen LogP contribution < -0.4 is 10.1 Å². The summed E-state index contributed by atoms with van der Waals surface area (Å²) >= 11 is 0. The van der Waals surface area contributed by atoms with E-state index in [4.69, 9.17) is 9.84 Å². The minimum atomic E-state index is -0.610. The van der Waals surface area contributed by atoms with Crippen LogP contribution in [0.5, 0.6) is 5.75 Å². The van der Waals surface area contributed by atoms with Crippen molar-refractivity contribution in [2.45, 2.75) is 45.3 Å². The van der Waals surface area contributed by atoms with Crippen molar-refractivity contribution < 1.29 is 14.9 Å². The van der Waals surface area contributed by atoms with E-state index in [-0.39, 0.29) is 13.2 Å². The summed E-state index contributed by atoms with van der Waals surface area (Å²) in [5.41, 5.74) is 0.750. The van der Waals surface area contributed by atoms with Crippen LogP contribution in [0.4, 0.5) is 0 Å². The minimum Gasteiger partial charge on any atom is -0.491 e. The number of aliphatic hydroxyl groups is 2. The van der Waals surface area contributed by atoms with Gasteiger partial charge in [0.2, 0.25) is 0 Å². The van der Waals surface area contributed by atoms with Crippen LogP contribution in [-0.2, 0) is 0 Å². The molecule has 20 heavy (non-hydrogen) atoms. The first-order chi connectivity index (χ1) is 9.35. The van der Waals surface area contributed by atoms with Gasteiger partial charge in [0, 0.05) is 12.1 Å². The van der Waals surface area contributed by atoms with E-state index in [0.29, 0.717) is 12.5 Å². The lowest BCUT2D eigenvalue weighted by Gasteiger charge is -2.25. The Morgan fingerprint density at radius 1 is 1.25 bits per heavy atom. The Bertz CT molecular complexity index is 404. The highest BCUT2D eigenvalue weighted by Crippen LogP contribution is 2.25. The van der Waals surface area contributed by atoms with E-state index < -0.39 is 11.6 Å².